The molecule has 0 unspecified atom stereocenters. The molecule has 2 fully saturated rings. The smallest absolute Gasteiger partial charge is 0.278 e. The molecular weight excluding hydrogens is 282 g/mol. The summed E-state index contributed by atoms with van der Waals surface area (Å²) in [5.74, 6) is 1.28. The Morgan fingerprint density at radius 2 is 2.19 bits per heavy atom. The fraction of sp³-hybridized carbons (Fsp3) is 0.375. The van der Waals surface area contributed by atoms with E-state index in [4.69, 9.17) is 0 Å². The monoisotopic (exact) mass is 297 g/mol. The number of carbonyl (C=O) groups excluding carboxylic acids is 1. The van der Waals surface area contributed by atoms with Crippen molar-refractivity contribution in [1.29, 1.82) is 0 Å². The fourth-order valence-corrected chi connectivity index (χ4v) is 4.78. The first-order valence-corrected chi connectivity index (χ1v) is 8.20. The molecule has 5 heteroatoms. The number of benzene rings is 1. The van der Waals surface area contributed by atoms with Gasteiger partial charge in [-0.05, 0) is 24.0 Å². The highest BCUT2D eigenvalue weighted by atomic mass is 32.1. The van der Waals surface area contributed by atoms with Crippen LogP contribution in [-0.4, -0.2) is 39.7 Å². The van der Waals surface area contributed by atoms with Crippen LogP contribution in [0.15, 0.2) is 36.2 Å². The minimum Gasteiger partial charge on any atom is -0.376 e. The zero-order valence-corrected chi connectivity index (χ0v) is 12.3. The number of hydrogen-bond donors (Lipinski definition) is 0. The molecule has 106 valence electrons. The molecule has 2 aromatic rings. The van der Waals surface area contributed by atoms with Gasteiger partial charge in [0.2, 0.25) is 0 Å². The summed E-state index contributed by atoms with van der Waals surface area (Å²) in [5.41, 5.74) is 1.84. The van der Waals surface area contributed by atoms with E-state index in [1.807, 2.05) is 29.2 Å². The lowest BCUT2D eigenvalue weighted by atomic mass is 9.84. The van der Waals surface area contributed by atoms with Gasteiger partial charge in [-0.2, -0.15) is 4.37 Å². The molecule has 5 heterocycles. The van der Waals surface area contributed by atoms with Crippen LogP contribution in [0.3, 0.4) is 0 Å². The van der Waals surface area contributed by atoms with Crippen LogP contribution in [0.25, 0.3) is 10.1 Å². The molecule has 4 aliphatic heterocycles. The minimum atomic E-state index is 0.0787. The standard InChI is InChI=1S/C16H15N3OS/c20-16(15-12-3-1-2-4-14(12)21-17-15)19-8-10-7-18-6-5-11(10)13(19)9-18/h1-4,9-11H,5-8H2/t10-,11-/m0/s1. The lowest BCUT2D eigenvalue weighted by molar-refractivity contribution is 0.0817. The summed E-state index contributed by atoms with van der Waals surface area (Å²) in [6.07, 6.45) is 3.39. The van der Waals surface area contributed by atoms with Gasteiger partial charge in [0.05, 0.1) is 4.70 Å². The Labute approximate surface area is 126 Å². The molecule has 0 saturated carbocycles. The number of piperidine rings is 1. The van der Waals surface area contributed by atoms with Crippen molar-refractivity contribution in [2.45, 2.75) is 6.42 Å². The third-order valence-electron chi connectivity index (χ3n) is 5.01. The van der Waals surface area contributed by atoms with Gasteiger partial charge in [0, 0.05) is 48.8 Å². The second-order valence-electron chi connectivity index (χ2n) is 6.15. The Morgan fingerprint density at radius 3 is 3.05 bits per heavy atom. The highest BCUT2D eigenvalue weighted by Gasteiger charge is 2.46. The van der Waals surface area contributed by atoms with Gasteiger partial charge in [-0.25, -0.2) is 0 Å². The van der Waals surface area contributed by atoms with Crippen LogP contribution >= 0.6 is 11.5 Å². The zero-order valence-electron chi connectivity index (χ0n) is 11.5. The number of allylic oxidation sites excluding steroid dienone is 1. The van der Waals surface area contributed by atoms with Crippen molar-refractivity contribution in [3.63, 3.8) is 0 Å². The molecular formula is C16H15N3OS. The molecule has 4 bridgehead atoms. The van der Waals surface area contributed by atoms with Crippen LogP contribution in [0.2, 0.25) is 0 Å². The number of fused-ring (bicyclic) bond motifs is 2. The number of rotatable bonds is 1. The number of hydrogen-bond acceptors (Lipinski definition) is 4. The highest BCUT2D eigenvalue weighted by Crippen LogP contribution is 2.44. The molecule has 1 aromatic heterocycles. The van der Waals surface area contributed by atoms with Gasteiger partial charge in [0.1, 0.15) is 5.69 Å². The normalized spacial score (nSPS) is 26.6. The Kier molecular flexibility index (Phi) is 2.28. The molecule has 1 aromatic carbocycles. The van der Waals surface area contributed by atoms with Crippen LogP contribution in [0.4, 0.5) is 0 Å². The Hall–Kier alpha value is -1.88. The Balaban J connectivity index is 1.57. The van der Waals surface area contributed by atoms with Gasteiger partial charge in [0.15, 0.2) is 0 Å². The predicted octanol–water partition coefficient (Wildman–Crippen LogP) is 2.55. The minimum absolute atomic E-state index is 0.0787. The van der Waals surface area contributed by atoms with Crippen molar-refractivity contribution in [2.24, 2.45) is 11.8 Å². The van der Waals surface area contributed by atoms with Crippen LogP contribution in [0.1, 0.15) is 16.9 Å². The van der Waals surface area contributed by atoms with Crippen molar-refractivity contribution in [2.75, 3.05) is 19.6 Å². The van der Waals surface area contributed by atoms with E-state index in [0.717, 1.165) is 29.7 Å². The maximum absolute atomic E-state index is 13.0. The molecule has 0 spiro atoms. The summed E-state index contributed by atoms with van der Waals surface area (Å²) in [7, 11) is 0. The van der Waals surface area contributed by atoms with E-state index >= 15 is 0 Å². The average Bonchev–Trinajstić information content (AvgIpc) is 3.06. The van der Waals surface area contributed by atoms with Gasteiger partial charge >= 0.3 is 0 Å². The molecule has 4 aliphatic rings. The van der Waals surface area contributed by atoms with E-state index in [2.05, 4.69) is 15.5 Å². The lowest BCUT2D eigenvalue weighted by Crippen LogP contribution is -2.40. The van der Waals surface area contributed by atoms with E-state index < -0.39 is 0 Å². The summed E-state index contributed by atoms with van der Waals surface area (Å²) in [6.45, 7) is 3.11. The van der Waals surface area contributed by atoms with E-state index in [-0.39, 0.29) is 5.91 Å². The molecule has 4 nitrogen and oxygen atoms in total. The molecule has 0 radical (unpaired) electrons. The van der Waals surface area contributed by atoms with Crippen LogP contribution in [0.5, 0.6) is 0 Å². The SMILES string of the molecule is O=C(c1nsc2ccccc12)N1C[C@@H]2CN3C=C1[C@H]2CC3. The van der Waals surface area contributed by atoms with Crippen molar-refractivity contribution in [1.82, 2.24) is 14.2 Å². The van der Waals surface area contributed by atoms with Crippen LogP contribution in [0, 0.1) is 11.8 Å². The molecule has 21 heavy (non-hydrogen) atoms. The first kappa shape index (κ1) is 11.7. The first-order valence-electron chi connectivity index (χ1n) is 7.43. The molecule has 2 atom stereocenters. The van der Waals surface area contributed by atoms with E-state index in [1.165, 1.54) is 23.7 Å². The highest BCUT2D eigenvalue weighted by molar-refractivity contribution is 7.13. The van der Waals surface area contributed by atoms with Crippen molar-refractivity contribution >= 4 is 27.5 Å². The third kappa shape index (κ3) is 1.55. The summed E-state index contributed by atoms with van der Waals surface area (Å²) in [5, 5.41) is 0.986. The summed E-state index contributed by atoms with van der Waals surface area (Å²) >= 11 is 1.41. The lowest BCUT2D eigenvalue weighted by Gasteiger charge is -2.39. The van der Waals surface area contributed by atoms with Crippen molar-refractivity contribution in [3.05, 3.63) is 41.9 Å². The predicted molar refractivity (Wildman–Crippen MR) is 81.9 cm³/mol. The summed E-state index contributed by atoms with van der Waals surface area (Å²) in [4.78, 5) is 17.3. The van der Waals surface area contributed by atoms with E-state index in [9.17, 15) is 4.79 Å². The van der Waals surface area contributed by atoms with Gasteiger partial charge in [0.25, 0.3) is 5.91 Å². The zero-order chi connectivity index (χ0) is 14.0. The van der Waals surface area contributed by atoms with E-state index in [1.54, 1.807) is 0 Å². The Morgan fingerprint density at radius 1 is 1.29 bits per heavy atom. The molecule has 0 aliphatic carbocycles. The molecule has 0 N–H and O–H groups in total. The van der Waals surface area contributed by atoms with E-state index in [0.29, 0.717) is 17.5 Å². The van der Waals surface area contributed by atoms with Crippen LogP contribution < -0.4 is 0 Å². The van der Waals surface area contributed by atoms with Gasteiger partial charge in [-0.15, -0.1) is 0 Å². The number of nitrogens with zero attached hydrogens (tertiary/aromatic N) is 3. The van der Waals surface area contributed by atoms with Gasteiger partial charge in [-0.1, -0.05) is 18.2 Å². The number of aromatic nitrogens is 1. The Bertz CT molecular complexity index is 781. The third-order valence-corrected chi connectivity index (χ3v) is 5.84. The van der Waals surface area contributed by atoms with Crippen molar-refractivity contribution < 1.29 is 4.79 Å². The van der Waals surface area contributed by atoms with Gasteiger partial charge in [-0.3, -0.25) is 4.79 Å². The number of carbonyl (C=O) groups is 1. The van der Waals surface area contributed by atoms with Gasteiger partial charge < -0.3 is 9.80 Å². The number of amides is 1. The maximum Gasteiger partial charge on any atom is 0.278 e. The molecule has 6 rings (SSSR count). The van der Waals surface area contributed by atoms with Crippen molar-refractivity contribution in [3.8, 4) is 0 Å². The fourth-order valence-electron chi connectivity index (χ4n) is 4.01. The second kappa shape index (κ2) is 4.07. The molecule has 1 amide bonds. The summed E-state index contributed by atoms with van der Waals surface area (Å²) in [6, 6.07) is 7.99. The number of likely N-dealkylation sites (tertiary alicyclic amines) is 1. The summed E-state index contributed by atoms with van der Waals surface area (Å²) < 4.78 is 5.51. The molecule has 2 saturated heterocycles. The average molecular weight is 297 g/mol. The first-order chi connectivity index (χ1) is 10.3. The van der Waals surface area contributed by atoms with Crippen LogP contribution in [-0.2, 0) is 0 Å². The topological polar surface area (TPSA) is 36.4 Å². The largest absolute Gasteiger partial charge is 0.376 e. The quantitative estimate of drug-likeness (QED) is 0.811. The second-order valence-corrected chi connectivity index (χ2v) is 6.95. The maximum atomic E-state index is 13.0.